The van der Waals surface area contributed by atoms with Crippen LogP contribution in [0.1, 0.15) is 5.56 Å². The molecule has 0 aliphatic heterocycles. The number of hydrogen-bond acceptors (Lipinski definition) is 3. The fourth-order valence-corrected chi connectivity index (χ4v) is 0.955. The summed E-state index contributed by atoms with van der Waals surface area (Å²) in [6.45, 7) is 0.771. The van der Waals surface area contributed by atoms with E-state index in [-0.39, 0.29) is 0 Å². The lowest BCUT2D eigenvalue weighted by Crippen LogP contribution is -2.09. The van der Waals surface area contributed by atoms with Crippen LogP contribution in [0, 0.1) is 0 Å². The molecule has 0 amide bonds. The lowest BCUT2D eigenvalue weighted by atomic mass is 10.2. The molecule has 0 aliphatic rings. The van der Waals surface area contributed by atoms with Crippen LogP contribution in [-0.2, 0) is 6.54 Å². The number of benzene rings is 1. The summed E-state index contributed by atoms with van der Waals surface area (Å²) in [5.74, 6) is 5.78. The fourth-order valence-electron chi connectivity index (χ4n) is 0.955. The first-order valence-electron chi connectivity index (χ1n) is 3.47. The van der Waals surface area contributed by atoms with E-state index in [9.17, 15) is 0 Å². The van der Waals surface area contributed by atoms with Crippen LogP contribution in [-0.4, -0.2) is 7.05 Å². The molecule has 0 saturated heterocycles. The first-order valence-corrected chi connectivity index (χ1v) is 3.47. The van der Waals surface area contributed by atoms with Crippen LogP contribution >= 0.6 is 0 Å². The summed E-state index contributed by atoms with van der Waals surface area (Å²) in [6, 6.07) is 7.65. The van der Waals surface area contributed by atoms with E-state index in [0.717, 1.165) is 17.9 Å². The second-order valence-corrected chi connectivity index (χ2v) is 2.26. The molecular weight excluding hydrogens is 140 g/mol. The van der Waals surface area contributed by atoms with Gasteiger partial charge in [-0.1, -0.05) is 18.2 Å². The van der Waals surface area contributed by atoms with E-state index in [0.29, 0.717) is 0 Å². The van der Waals surface area contributed by atoms with Crippen molar-refractivity contribution in [2.75, 3.05) is 7.05 Å². The molecule has 0 heterocycles. The van der Waals surface area contributed by atoms with Crippen molar-refractivity contribution in [3.63, 3.8) is 0 Å². The van der Waals surface area contributed by atoms with Gasteiger partial charge in [0.1, 0.15) is 0 Å². The average Bonchev–Trinajstić information content (AvgIpc) is 2.06. The Hall–Kier alpha value is -1.06. The maximum Gasteiger partial charge on any atom is 0.151 e. The molecule has 0 bridgehead atoms. The van der Waals surface area contributed by atoms with E-state index in [1.807, 2.05) is 31.3 Å². The van der Waals surface area contributed by atoms with E-state index < -0.39 is 0 Å². The third-order valence-electron chi connectivity index (χ3n) is 1.47. The molecule has 0 atom stereocenters. The summed E-state index contributed by atoms with van der Waals surface area (Å²) >= 11 is 0. The molecule has 3 N–H and O–H groups in total. The Morgan fingerprint density at radius 2 is 2.18 bits per heavy atom. The first kappa shape index (κ1) is 8.04. The maximum absolute atomic E-state index is 5.05. The van der Waals surface area contributed by atoms with Crippen molar-refractivity contribution < 1.29 is 4.84 Å². The molecule has 1 aromatic rings. The van der Waals surface area contributed by atoms with Gasteiger partial charge in [-0.15, -0.1) is 0 Å². The lowest BCUT2D eigenvalue weighted by Gasteiger charge is -2.05. The van der Waals surface area contributed by atoms with Gasteiger partial charge in [-0.2, -0.15) is 5.90 Å². The molecule has 0 unspecified atom stereocenters. The Morgan fingerprint density at radius 3 is 2.82 bits per heavy atom. The highest BCUT2D eigenvalue weighted by Crippen LogP contribution is 2.15. The normalized spacial score (nSPS) is 9.64. The van der Waals surface area contributed by atoms with Gasteiger partial charge in [0, 0.05) is 12.1 Å². The third-order valence-corrected chi connectivity index (χ3v) is 1.47. The second-order valence-electron chi connectivity index (χ2n) is 2.26. The zero-order valence-electron chi connectivity index (χ0n) is 6.50. The highest BCUT2D eigenvalue weighted by atomic mass is 16.6. The third kappa shape index (κ3) is 1.93. The van der Waals surface area contributed by atoms with Gasteiger partial charge in [-0.25, -0.2) is 0 Å². The number of rotatable bonds is 3. The topological polar surface area (TPSA) is 47.3 Å². The number of nitrogens with one attached hydrogen (secondary N) is 1. The van der Waals surface area contributed by atoms with Crippen molar-refractivity contribution in [2.24, 2.45) is 5.90 Å². The van der Waals surface area contributed by atoms with Gasteiger partial charge in [0.2, 0.25) is 0 Å². The molecule has 1 rings (SSSR count). The Kier molecular flexibility index (Phi) is 2.89. The summed E-state index contributed by atoms with van der Waals surface area (Å²) in [4.78, 5) is 4.66. The number of para-hydroxylation sites is 1. The second kappa shape index (κ2) is 3.95. The number of nitrogens with two attached hydrogens (primary N) is 1. The minimum Gasteiger partial charge on any atom is -0.411 e. The highest BCUT2D eigenvalue weighted by Gasteiger charge is 1.98. The van der Waals surface area contributed by atoms with Crippen LogP contribution < -0.4 is 16.1 Å². The zero-order valence-corrected chi connectivity index (χ0v) is 6.50. The molecule has 0 aromatic heterocycles. The van der Waals surface area contributed by atoms with Gasteiger partial charge in [0.15, 0.2) is 5.75 Å². The highest BCUT2D eigenvalue weighted by molar-refractivity contribution is 5.32. The molecule has 60 valence electrons. The molecular formula is C8H12N2O. The summed E-state index contributed by atoms with van der Waals surface area (Å²) in [5.41, 5.74) is 1.07. The summed E-state index contributed by atoms with van der Waals surface area (Å²) in [6.07, 6.45) is 0. The van der Waals surface area contributed by atoms with Crippen LogP contribution in [0.4, 0.5) is 0 Å². The quantitative estimate of drug-likeness (QED) is 0.625. The predicted molar refractivity (Wildman–Crippen MR) is 44.0 cm³/mol. The monoisotopic (exact) mass is 152 g/mol. The van der Waals surface area contributed by atoms with Crippen LogP contribution in [0.2, 0.25) is 0 Å². The minimum atomic E-state index is 0.724. The Labute approximate surface area is 66.1 Å². The molecule has 1 aromatic carbocycles. The van der Waals surface area contributed by atoms with Gasteiger partial charge in [0.25, 0.3) is 0 Å². The summed E-state index contributed by atoms with van der Waals surface area (Å²) in [7, 11) is 1.88. The van der Waals surface area contributed by atoms with Gasteiger partial charge >= 0.3 is 0 Å². The molecule has 0 saturated carbocycles. The SMILES string of the molecule is CNCc1ccccc1ON. The van der Waals surface area contributed by atoms with E-state index >= 15 is 0 Å². The predicted octanol–water partition coefficient (Wildman–Crippen LogP) is 0.658. The Balaban J connectivity index is 2.83. The zero-order chi connectivity index (χ0) is 8.10. The lowest BCUT2D eigenvalue weighted by molar-refractivity contribution is 0.330. The largest absolute Gasteiger partial charge is 0.411 e. The van der Waals surface area contributed by atoms with Crippen LogP contribution in [0.15, 0.2) is 24.3 Å². The van der Waals surface area contributed by atoms with Crippen molar-refractivity contribution in [3.8, 4) is 5.75 Å². The molecule has 0 fully saturated rings. The Morgan fingerprint density at radius 1 is 1.45 bits per heavy atom. The van der Waals surface area contributed by atoms with Gasteiger partial charge in [-0.3, -0.25) is 0 Å². The van der Waals surface area contributed by atoms with Gasteiger partial charge in [0.05, 0.1) is 0 Å². The van der Waals surface area contributed by atoms with Crippen LogP contribution in [0.25, 0.3) is 0 Å². The van der Waals surface area contributed by atoms with Crippen LogP contribution in [0.5, 0.6) is 5.75 Å². The van der Waals surface area contributed by atoms with Crippen molar-refractivity contribution in [3.05, 3.63) is 29.8 Å². The van der Waals surface area contributed by atoms with Gasteiger partial charge < -0.3 is 10.2 Å². The molecule has 0 radical (unpaired) electrons. The number of hydrogen-bond donors (Lipinski definition) is 2. The van der Waals surface area contributed by atoms with E-state index in [1.54, 1.807) is 0 Å². The molecule has 0 aliphatic carbocycles. The van der Waals surface area contributed by atoms with Crippen molar-refractivity contribution in [2.45, 2.75) is 6.54 Å². The van der Waals surface area contributed by atoms with Crippen LogP contribution in [0.3, 0.4) is 0 Å². The summed E-state index contributed by atoms with van der Waals surface area (Å²) < 4.78 is 0. The Bertz CT molecular complexity index is 225. The maximum atomic E-state index is 5.05. The van der Waals surface area contributed by atoms with Crippen molar-refractivity contribution in [1.29, 1.82) is 0 Å². The van der Waals surface area contributed by atoms with Gasteiger partial charge in [-0.05, 0) is 13.1 Å². The molecule has 11 heavy (non-hydrogen) atoms. The van der Waals surface area contributed by atoms with E-state index in [1.165, 1.54) is 0 Å². The molecule has 0 spiro atoms. The van der Waals surface area contributed by atoms with Crippen molar-refractivity contribution >= 4 is 0 Å². The smallest absolute Gasteiger partial charge is 0.151 e. The fraction of sp³-hybridized carbons (Fsp3) is 0.250. The minimum absolute atomic E-state index is 0.724. The van der Waals surface area contributed by atoms with E-state index in [4.69, 9.17) is 5.90 Å². The molecule has 3 nitrogen and oxygen atoms in total. The standard InChI is InChI=1S/C8H12N2O/c1-10-6-7-4-2-3-5-8(7)11-9/h2-5,10H,6,9H2,1H3. The van der Waals surface area contributed by atoms with Crippen molar-refractivity contribution in [1.82, 2.24) is 5.32 Å². The van der Waals surface area contributed by atoms with E-state index in [2.05, 4.69) is 10.2 Å². The summed E-state index contributed by atoms with van der Waals surface area (Å²) in [5, 5.41) is 3.02. The average molecular weight is 152 g/mol. The molecule has 3 heteroatoms. The first-order chi connectivity index (χ1) is 5.38.